The van der Waals surface area contributed by atoms with Crippen molar-refractivity contribution in [3.8, 4) is 11.5 Å². The second-order valence-electron chi connectivity index (χ2n) is 7.06. The first-order valence-electron chi connectivity index (χ1n) is 9.61. The van der Waals surface area contributed by atoms with Crippen LogP contribution >= 0.6 is 11.6 Å². The second-order valence-corrected chi connectivity index (χ2v) is 7.50. The summed E-state index contributed by atoms with van der Waals surface area (Å²) in [4.78, 5) is 36.8. The Morgan fingerprint density at radius 1 is 0.938 bits per heavy atom. The number of ketones is 1. The molecule has 0 fully saturated rings. The Morgan fingerprint density at radius 3 is 2.22 bits per heavy atom. The highest BCUT2D eigenvalue weighted by molar-refractivity contribution is 6.30. The molecule has 7 heteroatoms. The molecular weight excluding hydrogens is 432 g/mol. The largest absolute Gasteiger partial charge is 0.465 e. The minimum absolute atomic E-state index is 0.134. The summed E-state index contributed by atoms with van der Waals surface area (Å²) >= 11 is 5.85. The van der Waals surface area contributed by atoms with Gasteiger partial charge in [-0.1, -0.05) is 23.7 Å². The number of hydrogen-bond donors (Lipinski definition) is 0. The van der Waals surface area contributed by atoms with E-state index in [0.717, 1.165) is 0 Å². The molecule has 1 aliphatic rings. The Bertz CT molecular complexity index is 1260. The van der Waals surface area contributed by atoms with Gasteiger partial charge in [0.2, 0.25) is 5.78 Å². The molecular formula is C25H17ClO6. The number of esters is 2. The van der Waals surface area contributed by atoms with Crippen molar-refractivity contribution in [3.63, 3.8) is 0 Å². The number of carbonyl (C=O) groups is 3. The van der Waals surface area contributed by atoms with Gasteiger partial charge in [0.05, 0.1) is 23.8 Å². The van der Waals surface area contributed by atoms with Crippen LogP contribution in [-0.4, -0.2) is 24.8 Å². The third-order valence-electron chi connectivity index (χ3n) is 4.86. The highest BCUT2D eigenvalue weighted by atomic mass is 35.5. The third kappa shape index (κ3) is 4.26. The van der Waals surface area contributed by atoms with Crippen LogP contribution in [0.5, 0.6) is 11.5 Å². The van der Waals surface area contributed by atoms with Gasteiger partial charge in [0.25, 0.3) is 0 Å². The normalized spacial score (nSPS) is 13.5. The number of Topliss-reactive ketones (excluding diaryl/α,β-unsaturated/α-hetero) is 1. The van der Waals surface area contributed by atoms with E-state index in [1.807, 2.05) is 0 Å². The maximum absolute atomic E-state index is 12.8. The van der Waals surface area contributed by atoms with Crippen LogP contribution in [0.4, 0.5) is 0 Å². The van der Waals surface area contributed by atoms with E-state index in [-0.39, 0.29) is 17.3 Å². The van der Waals surface area contributed by atoms with E-state index in [9.17, 15) is 14.4 Å². The molecule has 0 spiro atoms. The lowest BCUT2D eigenvalue weighted by Crippen LogP contribution is -2.08. The van der Waals surface area contributed by atoms with E-state index in [1.54, 1.807) is 67.6 Å². The fraction of sp³-hybridized carbons (Fsp3) is 0.0800. The zero-order chi connectivity index (χ0) is 22.8. The van der Waals surface area contributed by atoms with E-state index in [1.165, 1.54) is 13.2 Å². The third-order valence-corrected chi connectivity index (χ3v) is 5.12. The molecule has 1 heterocycles. The van der Waals surface area contributed by atoms with Gasteiger partial charge in [-0.05, 0) is 66.6 Å². The first kappa shape index (κ1) is 21.3. The van der Waals surface area contributed by atoms with Gasteiger partial charge < -0.3 is 14.2 Å². The van der Waals surface area contributed by atoms with Crippen LogP contribution in [-0.2, 0) is 4.74 Å². The average molecular weight is 449 g/mol. The van der Waals surface area contributed by atoms with Gasteiger partial charge in [0.1, 0.15) is 11.5 Å². The molecule has 0 saturated carbocycles. The van der Waals surface area contributed by atoms with Gasteiger partial charge in [-0.3, -0.25) is 4.79 Å². The fourth-order valence-corrected chi connectivity index (χ4v) is 3.40. The summed E-state index contributed by atoms with van der Waals surface area (Å²) in [6, 6.07) is 16.0. The number of fused-ring (bicyclic) bond motifs is 1. The molecule has 3 aromatic rings. The molecule has 0 amide bonds. The molecule has 0 saturated heterocycles. The zero-order valence-corrected chi connectivity index (χ0v) is 17.9. The predicted octanol–water partition coefficient (Wildman–Crippen LogP) is 5.27. The van der Waals surface area contributed by atoms with E-state index in [2.05, 4.69) is 4.74 Å². The van der Waals surface area contributed by atoms with Crippen molar-refractivity contribution >= 4 is 35.4 Å². The number of allylic oxidation sites excluding steroid dienone is 1. The molecule has 32 heavy (non-hydrogen) atoms. The summed E-state index contributed by atoms with van der Waals surface area (Å²) in [7, 11) is 1.31. The van der Waals surface area contributed by atoms with Crippen LogP contribution in [0.25, 0.3) is 6.08 Å². The van der Waals surface area contributed by atoms with E-state index in [0.29, 0.717) is 38.6 Å². The van der Waals surface area contributed by atoms with Crippen LogP contribution in [0.15, 0.2) is 66.4 Å². The Balaban J connectivity index is 1.56. The number of hydrogen-bond acceptors (Lipinski definition) is 6. The summed E-state index contributed by atoms with van der Waals surface area (Å²) < 4.78 is 15.9. The van der Waals surface area contributed by atoms with Gasteiger partial charge in [-0.25, -0.2) is 9.59 Å². The predicted molar refractivity (Wildman–Crippen MR) is 118 cm³/mol. The van der Waals surface area contributed by atoms with Crippen molar-refractivity contribution in [3.05, 3.63) is 99.3 Å². The molecule has 0 aliphatic carbocycles. The minimum Gasteiger partial charge on any atom is -0.465 e. The fourth-order valence-electron chi connectivity index (χ4n) is 3.27. The Morgan fingerprint density at radius 2 is 1.56 bits per heavy atom. The first-order valence-corrected chi connectivity index (χ1v) is 9.98. The Hall–Kier alpha value is -3.90. The molecule has 6 nitrogen and oxygen atoms in total. The SMILES string of the molecule is COC(=O)c1ccc(/C=C2\Oc3cc(OC(=O)c4ccc(Cl)cc4)cc(C)c3C2=O)cc1. The summed E-state index contributed by atoms with van der Waals surface area (Å²) in [6.07, 6.45) is 1.59. The molecule has 0 aromatic heterocycles. The van der Waals surface area contributed by atoms with Crippen molar-refractivity contribution in [1.82, 2.24) is 0 Å². The highest BCUT2D eigenvalue weighted by Gasteiger charge is 2.30. The topological polar surface area (TPSA) is 78.9 Å². The number of aryl methyl sites for hydroxylation is 1. The minimum atomic E-state index is -0.549. The maximum Gasteiger partial charge on any atom is 0.343 e. The molecule has 0 bridgehead atoms. The van der Waals surface area contributed by atoms with Crippen LogP contribution in [0, 0.1) is 6.92 Å². The molecule has 3 aromatic carbocycles. The Kier molecular flexibility index (Phi) is 5.79. The lowest BCUT2D eigenvalue weighted by Gasteiger charge is -2.08. The van der Waals surface area contributed by atoms with Gasteiger partial charge in [0.15, 0.2) is 5.76 Å². The molecule has 160 valence electrons. The number of rotatable bonds is 4. The van der Waals surface area contributed by atoms with Crippen LogP contribution in [0.1, 0.15) is 42.2 Å². The quantitative estimate of drug-likeness (QED) is 0.307. The second kappa shape index (κ2) is 8.69. The average Bonchev–Trinajstić information content (AvgIpc) is 3.09. The summed E-state index contributed by atoms with van der Waals surface area (Å²) in [6.45, 7) is 1.74. The highest BCUT2D eigenvalue weighted by Crippen LogP contribution is 2.37. The summed E-state index contributed by atoms with van der Waals surface area (Å²) in [5.74, 6) is -0.558. The summed E-state index contributed by atoms with van der Waals surface area (Å²) in [5.41, 5.74) is 2.46. The van der Waals surface area contributed by atoms with Gasteiger partial charge in [-0.2, -0.15) is 0 Å². The van der Waals surface area contributed by atoms with Gasteiger partial charge in [0, 0.05) is 11.1 Å². The number of halogens is 1. The smallest absolute Gasteiger partial charge is 0.343 e. The number of ether oxygens (including phenoxy) is 3. The molecule has 0 unspecified atom stereocenters. The van der Waals surface area contributed by atoms with Crippen molar-refractivity contribution < 1.29 is 28.6 Å². The number of benzene rings is 3. The lowest BCUT2D eigenvalue weighted by molar-refractivity contribution is 0.0600. The van der Waals surface area contributed by atoms with Crippen molar-refractivity contribution in [2.24, 2.45) is 0 Å². The van der Waals surface area contributed by atoms with E-state index < -0.39 is 11.9 Å². The molecule has 0 N–H and O–H groups in total. The number of methoxy groups -OCH3 is 1. The van der Waals surface area contributed by atoms with Crippen molar-refractivity contribution in [2.75, 3.05) is 7.11 Å². The van der Waals surface area contributed by atoms with Crippen molar-refractivity contribution in [2.45, 2.75) is 6.92 Å². The van der Waals surface area contributed by atoms with Crippen LogP contribution in [0.2, 0.25) is 5.02 Å². The first-order chi connectivity index (χ1) is 15.4. The molecule has 0 atom stereocenters. The van der Waals surface area contributed by atoms with Gasteiger partial charge in [-0.15, -0.1) is 0 Å². The molecule has 4 rings (SSSR count). The zero-order valence-electron chi connectivity index (χ0n) is 17.2. The number of carbonyl (C=O) groups excluding carboxylic acids is 3. The Labute approximate surface area is 189 Å². The van der Waals surface area contributed by atoms with E-state index in [4.69, 9.17) is 21.1 Å². The lowest BCUT2D eigenvalue weighted by atomic mass is 10.0. The summed E-state index contributed by atoms with van der Waals surface area (Å²) in [5, 5.41) is 0.515. The standard InChI is InChI=1S/C25H17ClO6/c1-14-11-19(31-25(29)17-7-9-18(26)10-8-17)13-20-22(14)23(27)21(32-20)12-15-3-5-16(6-4-15)24(28)30-2/h3-13H,1-2H3/b21-12-. The molecule has 0 radical (unpaired) electrons. The van der Waals surface area contributed by atoms with Crippen LogP contribution in [0.3, 0.4) is 0 Å². The monoisotopic (exact) mass is 448 g/mol. The van der Waals surface area contributed by atoms with Crippen molar-refractivity contribution in [1.29, 1.82) is 0 Å². The molecule has 1 aliphatic heterocycles. The maximum atomic E-state index is 12.8. The van der Waals surface area contributed by atoms with E-state index >= 15 is 0 Å². The van der Waals surface area contributed by atoms with Crippen LogP contribution < -0.4 is 9.47 Å². The van der Waals surface area contributed by atoms with Gasteiger partial charge >= 0.3 is 11.9 Å².